The Morgan fingerprint density at radius 2 is 1.73 bits per heavy atom. The zero-order chi connectivity index (χ0) is 18.4. The second-order valence-corrected chi connectivity index (χ2v) is 7.35. The lowest BCUT2D eigenvalue weighted by Gasteiger charge is -2.36. The van der Waals surface area contributed by atoms with Crippen LogP contribution >= 0.6 is 12.2 Å². The van der Waals surface area contributed by atoms with E-state index in [1.807, 2.05) is 12.3 Å². The van der Waals surface area contributed by atoms with E-state index in [2.05, 4.69) is 75.7 Å². The molecule has 1 aliphatic heterocycles. The Labute approximate surface area is 161 Å². The quantitative estimate of drug-likeness (QED) is 0.788. The summed E-state index contributed by atoms with van der Waals surface area (Å²) in [6, 6.07) is 14.7. The maximum atomic E-state index is 5.31. The Hall–Kier alpha value is -2.34. The van der Waals surface area contributed by atoms with Crippen molar-refractivity contribution in [2.24, 2.45) is 5.92 Å². The summed E-state index contributed by atoms with van der Waals surface area (Å²) in [6.07, 6.45) is 1.85. The molecule has 6 heteroatoms. The van der Waals surface area contributed by atoms with Crippen LogP contribution < -0.4 is 20.4 Å². The van der Waals surface area contributed by atoms with Gasteiger partial charge in [-0.25, -0.2) is 4.98 Å². The van der Waals surface area contributed by atoms with Crippen LogP contribution in [0.5, 0.6) is 0 Å². The molecule has 2 N–H and O–H groups in total. The topological polar surface area (TPSA) is 43.4 Å². The molecule has 0 atom stereocenters. The van der Waals surface area contributed by atoms with E-state index in [4.69, 9.17) is 12.2 Å². The van der Waals surface area contributed by atoms with E-state index >= 15 is 0 Å². The molecule has 1 aromatic carbocycles. The lowest BCUT2D eigenvalue weighted by atomic mass is 10.2. The summed E-state index contributed by atoms with van der Waals surface area (Å²) in [5, 5.41) is 7.04. The van der Waals surface area contributed by atoms with Gasteiger partial charge in [0.15, 0.2) is 5.11 Å². The standard InChI is InChI=1S/C20H27N5S/c1-16(2)14-22-20(26)23-17-8-9-19(21-15-17)25-12-10-24(11-13-25)18-6-4-3-5-7-18/h3-9,15-16H,10-14H2,1-2H3,(H2,22,23,26). The molecule has 5 nitrogen and oxygen atoms in total. The highest BCUT2D eigenvalue weighted by molar-refractivity contribution is 7.80. The van der Waals surface area contributed by atoms with Gasteiger partial charge in [0.2, 0.25) is 0 Å². The van der Waals surface area contributed by atoms with E-state index in [9.17, 15) is 0 Å². The number of nitrogens with zero attached hydrogens (tertiary/aromatic N) is 3. The number of piperazine rings is 1. The highest BCUT2D eigenvalue weighted by Crippen LogP contribution is 2.19. The van der Waals surface area contributed by atoms with Crippen LogP contribution in [0.1, 0.15) is 13.8 Å². The molecule has 1 saturated heterocycles. The summed E-state index contributed by atoms with van der Waals surface area (Å²) in [5.74, 6) is 1.58. The van der Waals surface area contributed by atoms with E-state index < -0.39 is 0 Å². The van der Waals surface area contributed by atoms with Crippen LogP contribution in [0, 0.1) is 5.92 Å². The molecular weight excluding hydrogens is 342 g/mol. The second-order valence-electron chi connectivity index (χ2n) is 6.94. The molecule has 0 unspecified atom stereocenters. The summed E-state index contributed by atoms with van der Waals surface area (Å²) in [7, 11) is 0. The number of para-hydroxylation sites is 1. The number of thiocarbonyl (C=S) groups is 1. The van der Waals surface area contributed by atoms with E-state index in [-0.39, 0.29) is 0 Å². The largest absolute Gasteiger partial charge is 0.368 e. The van der Waals surface area contributed by atoms with Crippen LogP contribution in [-0.2, 0) is 0 Å². The summed E-state index contributed by atoms with van der Waals surface area (Å²) >= 11 is 5.31. The summed E-state index contributed by atoms with van der Waals surface area (Å²) in [4.78, 5) is 9.36. The molecule has 0 radical (unpaired) electrons. The number of hydrogen-bond donors (Lipinski definition) is 2. The van der Waals surface area contributed by atoms with Crippen LogP contribution in [0.2, 0.25) is 0 Å². The molecule has 0 aliphatic carbocycles. The first-order valence-electron chi connectivity index (χ1n) is 9.17. The van der Waals surface area contributed by atoms with Crippen molar-refractivity contribution < 1.29 is 0 Å². The van der Waals surface area contributed by atoms with Gasteiger partial charge < -0.3 is 20.4 Å². The van der Waals surface area contributed by atoms with Crippen LogP contribution in [0.3, 0.4) is 0 Å². The van der Waals surface area contributed by atoms with Gasteiger partial charge in [-0.2, -0.15) is 0 Å². The van der Waals surface area contributed by atoms with Crippen LogP contribution in [0.25, 0.3) is 0 Å². The number of benzene rings is 1. The van der Waals surface area contributed by atoms with E-state index in [1.54, 1.807) is 0 Å². The Morgan fingerprint density at radius 1 is 1.04 bits per heavy atom. The van der Waals surface area contributed by atoms with Crippen molar-refractivity contribution in [1.82, 2.24) is 10.3 Å². The van der Waals surface area contributed by atoms with Crippen LogP contribution in [0.15, 0.2) is 48.7 Å². The predicted octanol–water partition coefficient (Wildman–Crippen LogP) is 3.35. The third-order valence-corrected chi connectivity index (χ3v) is 4.65. The zero-order valence-electron chi connectivity index (χ0n) is 15.5. The molecule has 3 rings (SSSR count). The number of anilines is 3. The van der Waals surface area contributed by atoms with Crippen LogP contribution in [0.4, 0.5) is 17.2 Å². The molecule has 0 spiro atoms. The van der Waals surface area contributed by atoms with Crippen molar-refractivity contribution in [3.63, 3.8) is 0 Å². The van der Waals surface area contributed by atoms with Gasteiger partial charge in [0.05, 0.1) is 11.9 Å². The van der Waals surface area contributed by atoms with Gasteiger partial charge in [-0.05, 0) is 42.4 Å². The van der Waals surface area contributed by atoms with Crippen molar-refractivity contribution in [2.75, 3.05) is 47.8 Å². The minimum absolute atomic E-state index is 0.560. The highest BCUT2D eigenvalue weighted by atomic mass is 32.1. The second kappa shape index (κ2) is 8.85. The van der Waals surface area contributed by atoms with Crippen molar-refractivity contribution in [1.29, 1.82) is 0 Å². The maximum Gasteiger partial charge on any atom is 0.170 e. The number of nitrogens with one attached hydrogen (secondary N) is 2. The predicted molar refractivity (Wildman–Crippen MR) is 114 cm³/mol. The molecule has 26 heavy (non-hydrogen) atoms. The summed E-state index contributed by atoms with van der Waals surface area (Å²) in [5.41, 5.74) is 2.21. The Bertz CT molecular complexity index is 694. The number of hydrogen-bond acceptors (Lipinski definition) is 4. The number of aromatic nitrogens is 1. The first-order chi connectivity index (χ1) is 12.6. The smallest absolute Gasteiger partial charge is 0.170 e. The first-order valence-corrected chi connectivity index (χ1v) is 9.58. The van der Waals surface area contributed by atoms with Gasteiger partial charge in [-0.3, -0.25) is 0 Å². The van der Waals surface area contributed by atoms with Gasteiger partial charge in [0.1, 0.15) is 5.82 Å². The Morgan fingerprint density at radius 3 is 2.35 bits per heavy atom. The average molecular weight is 370 g/mol. The molecule has 0 bridgehead atoms. The van der Waals surface area contributed by atoms with E-state index in [1.165, 1.54) is 5.69 Å². The van der Waals surface area contributed by atoms with E-state index in [0.717, 1.165) is 44.2 Å². The third kappa shape index (κ3) is 5.08. The maximum absolute atomic E-state index is 5.31. The molecule has 1 aliphatic rings. The number of rotatable bonds is 5. The molecule has 2 aromatic rings. The molecule has 2 heterocycles. The van der Waals surface area contributed by atoms with Crippen LogP contribution in [-0.4, -0.2) is 42.8 Å². The summed E-state index contributed by atoms with van der Waals surface area (Å²) < 4.78 is 0. The van der Waals surface area contributed by atoms with Crippen molar-refractivity contribution in [3.05, 3.63) is 48.7 Å². The van der Waals surface area contributed by atoms with Gasteiger partial charge in [0, 0.05) is 38.4 Å². The van der Waals surface area contributed by atoms with E-state index in [0.29, 0.717) is 11.0 Å². The molecule has 0 amide bonds. The monoisotopic (exact) mass is 369 g/mol. The third-order valence-electron chi connectivity index (χ3n) is 4.40. The fraction of sp³-hybridized carbons (Fsp3) is 0.400. The molecule has 138 valence electrons. The zero-order valence-corrected chi connectivity index (χ0v) is 16.3. The Kier molecular flexibility index (Phi) is 6.28. The SMILES string of the molecule is CC(C)CNC(=S)Nc1ccc(N2CCN(c3ccccc3)CC2)nc1. The minimum atomic E-state index is 0.560. The molecular formula is C20H27N5S. The van der Waals surface area contributed by atoms with Gasteiger partial charge in [0.25, 0.3) is 0 Å². The lowest BCUT2D eigenvalue weighted by molar-refractivity contribution is 0.627. The van der Waals surface area contributed by atoms with Crippen molar-refractivity contribution in [3.8, 4) is 0 Å². The first kappa shape index (κ1) is 18.5. The lowest BCUT2D eigenvalue weighted by Crippen LogP contribution is -2.46. The minimum Gasteiger partial charge on any atom is -0.368 e. The fourth-order valence-corrected chi connectivity index (χ4v) is 3.15. The highest BCUT2D eigenvalue weighted by Gasteiger charge is 2.18. The normalized spacial score (nSPS) is 14.4. The van der Waals surface area contributed by atoms with Gasteiger partial charge in [-0.15, -0.1) is 0 Å². The van der Waals surface area contributed by atoms with Crippen molar-refractivity contribution in [2.45, 2.75) is 13.8 Å². The fourth-order valence-electron chi connectivity index (χ4n) is 2.95. The molecule has 1 aromatic heterocycles. The average Bonchev–Trinajstić information content (AvgIpc) is 2.68. The molecule has 1 fully saturated rings. The number of pyridine rings is 1. The van der Waals surface area contributed by atoms with Crippen molar-refractivity contribution >= 4 is 34.5 Å². The van der Waals surface area contributed by atoms with Gasteiger partial charge in [-0.1, -0.05) is 32.0 Å². The summed E-state index contributed by atoms with van der Waals surface area (Å²) in [6.45, 7) is 9.14. The Balaban J connectivity index is 1.51. The van der Waals surface area contributed by atoms with Gasteiger partial charge >= 0.3 is 0 Å². The molecule has 0 saturated carbocycles.